The van der Waals surface area contributed by atoms with E-state index in [-0.39, 0.29) is 24.1 Å². The Morgan fingerprint density at radius 1 is 1.57 bits per heavy atom. The number of aliphatic hydroxyl groups excluding tert-OH is 1. The van der Waals surface area contributed by atoms with Crippen molar-refractivity contribution in [1.29, 1.82) is 5.41 Å². The van der Waals surface area contributed by atoms with Crippen LogP contribution in [-0.2, 0) is 11.3 Å². The molecule has 0 bridgehead atoms. The SMILES string of the molecule is CC1(C)CN(Cc2ccc(F)cc2C(=N)N)CC(CO)O1. The van der Waals surface area contributed by atoms with E-state index in [1.807, 2.05) is 13.8 Å². The van der Waals surface area contributed by atoms with E-state index in [9.17, 15) is 9.50 Å². The molecule has 116 valence electrons. The fourth-order valence-corrected chi connectivity index (χ4v) is 2.81. The highest BCUT2D eigenvalue weighted by Gasteiger charge is 2.33. The van der Waals surface area contributed by atoms with Gasteiger partial charge in [-0.1, -0.05) is 6.07 Å². The average Bonchev–Trinajstić information content (AvgIpc) is 2.38. The Morgan fingerprint density at radius 3 is 2.90 bits per heavy atom. The molecule has 1 unspecified atom stereocenters. The molecule has 6 heteroatoms. The van der Waals surface area contributed by atoms with E-state index < -0.39 is 5.82 Å². The minimum Gasteiger partial charge on any atom is -0.394 e. The van der Waals surface area contributed by atoms with Gasteiger partial charge in [-0.05, 0) is 31.5 Å². The normalized spacial score (nSPS) is 22.2. The van der Waals surface area contributed by atoms with Crippen molar-refractivity contribution >= 4 is 5.84 Å². The molecule has 0 spiro atoms. The van der Waals surface area contributed by atoms with Crippen molar-refractivity contribution in [1.82, 2.24) is 4.90 Å². The molecule has 1 aromatic carbocycles. The highest BCUT2D eigenvalue weighted by molar-refractivity contribution is 5.96. The second-order valence-corrected chi connectivity index (χ2v) is 6.07. The van der Waals surface area contributed by atoms with Crippen LogP contribution < -0.4 is 5.73 Å². The second kappa shape index (κ2) is 6.09. The van der Waals surface area contributed by atoms with Crippen LogP contribution in [0.4, 0.5) is 4.39 Å². The minimum atomic E-state index is -0.403. The van der Waals surface area contributed by atoms with Crippen molar-refractivity contribution in [2.24, 2.45) is 5.73 Å². The van der Waals surface area contributed by atoms with Gasteiger partial charge < -0.3 is 15.6 Å². The van der Waals surface area contributed by atoms with Crippen molar-refractivity contribution in [3.8, 4) is 0 Å². The number of nitrogens with two attached hydrogens (primary N) is 1. The van der Waals surface area contributed by atoms with Crippen molar-refractivity contribution in [3.63, 3.8) is 0 Å². The van der Waals surface area contributed by atoms with Crippen LogP contribution in [-0.4, -0.2) is 47.2 Å². The molecule has 21 heavy (non-hydrogen) atoms. The topological polar surface area (TPSA) is 82.6 Å². The lowest BCUT2D eigenvalue weighted by Crippen LogP contribution is -2.53. The van der Waals surface area contributed by atoms with E-state index in [1.54, 1.807) is 6.07 Å². The zero-order valence-corrected chi connectivity index (χ0v) is 12.4. The summed E-state index contributed by atoms with van der Waals surface area (Å²) in [5, 5.41) is 16.9. The predicted octanol–water partition coefficient (Wildman–Crippen LogP) is 1.08. The van der Waals surface area contributed by atoms with Gasteiger partial charge in [-0.2, -0.15) is 0 Å². The number of morpholine rings is 1. The Kier molecular flexibility index (Phi) is 4.61. The van der Waals surface area contributed by atoms with Crippen molar-refractivity contribution in [2.45, 2.75) is 32.1 Å². The Bertz CT molecular complexity index is 534. The molecule has 1 saturated heterocycles. The summed E-state index contributed by atoms with van der Waals surface area (Å²) in [5.41, 5.74) is 6.39. The number of nitrogens with zero attached hydrogens (tertiary/aromatic N) is 1. The first-order chi connectivity index (χ1) is 9.80. The number of benzene rings is 1. The number of halogens is 1. The van der Waals surface area contributed by atoms with Gasteiger partial charge in [0.2, 0.25) is 0 Å². The van der Waals surface area contributed by atoms with E-state index in [1.165, 1.54) is 12.1 Å². The molecular weight excluding hydrogens is 273 g/mol. The number of nitrogen functional groups attached to an aromatic ring is 1. The Morgan fingerprint density at radius 2 is 2.29 bits per heavy atom. The van der Waals surface area contributed by atoms with Crippen LogP contribution >= 0.6 is 0 Å². The van der Waals surface area contributed by atoms with Gasteiger partial charge in [0.05, 0.1) is 18.3 Å². The summed E-state index contributed by atoms with van der Waals surface area (Å²) in [7, 11) is 0. The van der Waals surface area contributed by atoms with Crippen molar-refractivity contribution < 1.29 is 14.2 Å². The van der Waals surface area contributed by atoms with Crippen LogP contribution in [0.1, 0.15) is 25.0 Å². The lowest BCUT2D eigenvalue weighted by Gasteiger charge is -2.42. The number of hydrogen-bond acceptors (Lipinski definition) is 4. The number of nitrogens with one attached hydrogen (secondary N) is 1. The molecule has 1 aromatic rings. The van der Waals surface area contributed by atoms with E-state index in [0.717, 1.165) is 5.56 Å². The smallest absolute Gasteiger partial charge is 0.123 e. The molecule has 0 aromatic heterocycles. The van der Waals surface area contributed by atoms with Gasteiger partial charge in [0.1, 0.15) is 11.7 Å². The van der Waals surface area contributed by atoms with Crippen molar-refractivity contribution in [3.05, 3.63) is 35.1 Å². The number of amidine groups is 1. The lowest BCUT2D eigenvalue weighted by atomic mass is 10.0. The van der Waals surface area contributed by atoms with E-state index in [2.05, 4.69) is 4.90 Å². The minimum absolute atomic E-state index is 0.0388. The maximum atomic E-state index is 13.3. The summed E-state index contributed by atoms with van der Waals surface area (Å²) in [6.45, 7) is 5.73. The van der Waals surface area contributed by atoms with Crippen LogP contribution in [0.3, 0.4) is 0 Å². The second-order valence-electron chi connectivity index (χ2n) is 6.07. The molecule has 1 heterocycles. The van der Waals surface area contributed by atoms with Crippen molar-refractivity contribution in [2.75, 3.05) is 19.7 Å². The zero-order chi connectivity index (χ0) is 15.6. The maximum Gasteiger partial charge on any atom is 0.123 e. The van der Waals surface area contributed by atoms with E-state index in [4.69, 9.17) is 15.9 Å². The highest BCUT2D eigenvalue weighted by atomic mass is 19.1. The standard InChI is InChI=1S/C15H22FN3O2/c1-15(2)9-19(7-12(8-20)21-15)6-10-3-4-11(16)5-13(10)14(17)18/h3-5,12,20H,6-9H2,1-2H3,(H3,17,18). The molecule has 2 rings (SSSR count). The molecule has 1 aliphatic rings. The van der Waals surface area contributed by atoms with E-state index >= 15 is 0 Å². The molecular formula is C15H22FN3O2. The highest BCUT2D eigenvalue weighted by Crippen LogP contribution is 2.23. The first-order valence-electron chi connectivity index (χ1n) is 6.94. The van der Waals surface area contributed by atoms with E-state index in [0.29, 0.717) is 25.2 Å². The third-order valence-corrected chi connectivity index (χ3v) is 3.51. The Labute approximate surface area is 124 Å². The quantitative estimate of drug-likeness (QED) is 0.573. The predicted molar refractivity (Wildman–Crippen MR) is 78.7 cm³/mol. The summed E-state index contributed by atoms with van der Waals surface area (Å²) in [4.78, 5) is 2.13. The van der Waals surface area contributed by atoms with Gasteiger partial charge in [-0.3, -0.25) is 10.3 Å². The summed E-state index contributed by atoms with van der Waals surface area (Å²) in [6, 6.07) is 4.31. The third-order valence-electron chi connectivity index (χ3n) is 3.51. The fraction of sp³-hybridized carbons (Fsp3) is 0.533. The van der Waals surface area contributed by atoms with Gasteiger partial charge >= 0.3 is 0 Å². The van der Waals surface area contributed by atoms with Crippen LogP contribution in [0, 0.1) is 11.2 Å². The van der Waals surface area contributed by atoms with Gasteiger partial charge in [-0.15, -0.1) is 0 Å². The monoisotopic (exact) mass is 295 g/mol. The van der Waals surface area contributed by atoms with Gasteiger partial charge in [0.15, 0.2) is 0 Å². The number of ether oxygens (including phenoxy) is 1. The maximum absolute atomic E-state index is 13.3. The van der Waals surface area contributed by atoms with Crippen LogP contribution in [0.25, 0.3) is 0 Å². The first kappa shape index (κ1) is 15.9. The summed E-state index contributed by atoms with van der Waals surface area (Å²) >= 11 is 0. The zero-order valence-electron chi connectivity index (χ0n) is 12.4. The molecule has 1 atom stereocenters. The fourth-order valence-electron chi connectivity index (χ4n) is 2.81. The summed E-state index contributed by atoms with van der Waals surface area (Å²) < 4.78 is 19.1. The van der Waals surface area contributed by atoms with Crippen LogP contribution in [0.5, 0.6) is 0 Å². The molecule has 4 N–H and O–H groups in total. The molecule has 0 aliphatic carbocycles. The van der Waals surface area contributed by atoms with Gasteiger partial charge in [0.25, 0.3) is 0 Å². The largest absolute Gasteiger partial charge is 0.394 e. The molecule has 1 aliphatic heterocycles. The number of aliphatic hydroxyl groups is 1. The molecule has 0 radical (unpaired) electrons. The van der Waals surface area contributed by atoms with Crippen LogP contribution in [0.15, 0.2) is 18.2 Å². The lowest BCUT2D eigenvalue weighted by molar-refractivity contribution is -0.150. The molecule has 0 amide bonds. The number of rotatable bonds is 4. The Balaban J connectivity index is 2.19. The number of hydrogen-bond donors (Lipinski definition) is 3. The van der Waals surface area contributed by atoms with Crippen LogP contribution in [0.2, 0.25) is 0 Å². The summed E-state index contributed by atoms with van der Waals surface area (Å²) in [5.74, 6) is -0.546. The molecule has 5 nitrogen and oxygen atoms in total. The molecule has 0 saturated carbocycles. The third kappa shape index (κ3) is 4.00. The molecule has 1 fully saturated rings. The first-order valence-corrected chi connectivity index (χ1v) is 6.94. The van der Waals surface area contributed by atoms with Gasteiger partial charge in [-0.25, -0.2) is 4.39 Å². The Hall–Kier alpha value is -1.50. The average molecular weight is 295 g/mol. The van der Waals surface area contributed by atoms with Gasteiger partial charge in [0, 0.05) is 25.2 Å². The summed E-state index contributed by atoms with van der Waals surface area (Å²) in [6.07, 6.45) is -0.241.